The highest BCUT2D eigenvalue weighted by atomic mass is 19.1. The van der Waals surface area contributed by atoms with Gasteiger partial charge in [-0.2, -0.15) is 4.80 Å². The highest BCUT2D eigenvalue weighted by Crippen LogP contribution is 2.22. The minimum atomic E-state index is -0.709. The lowest BCUT2D eigenvalue weighted by Gasteiger charge is -2.33. The fourth-order valence-corrected chi connectivity index (χ4v) is 3.36. The number of halogens is 1. The van der Waals surface area contributed by atoms with Gasteiger partial charge in [0.25, 0.3) is 5.91 Å². The molecule has 1 atom stereocenters. The number of rotatable bonds is 7. The highest BCUT2D eigenvalue weighted by Gasteiger charge is 2.32. The molecular formula is C24H29FN6O2. The first-order valence-electron chi connectivity index (χ1n) is 10.8. The molecule has 0 aliphatic rings. The lowest BCUT2D eigenvalue weighted by Crippen LogP contribution is -2.54. The maximum atomic E-state index is 13.4. The van der Waals surface area contributed by atoms with Gasteiger partial charge in [-0.15, -0.1) is 10.2 Å². The Kier molecular flexibility index (Phi) is 7.20. The van der Waals surface area contributed by atoms with Gasteiger partial charge in [0, 0.05) is 16.8 Å². The van der Waals surface area contributed by atoms with Gasteiger partial charge in [-0.3, -0.25) is 14.5 Å². The van der Waals surface area contributed by atoms with Crippen LogP contribution in [0.25, 0.3) is 11.4 Å². The number of nitrogens with one attached hydrogen (secondary N) is 1. The van der Waals surface area contributed by atoms with Crippen molar-refractivity contribution in [3.05, 3.63) is 59.9 Å². The number of hydrogen-bond donors (Lipinski definition) is 1. The van der Waals surface area contributed by atoms with Crippen LogP contribution in [0.15, 0.2) is 48.5 Å². The maximum absolute atomic E-state index is 13.4. The summed E-state index contributed by atoms with van der Waals surface area (Å²) in [5.74, 6) is -0.674. The van der Waals surface area contributed by atoms with Crippen molar-refractivity contribution in [1.29, 1.82) is 0 Å². The van der Waals surface area contributed by atoms with E-state index in [2.05, 4.69) is 20.7 Å². The summed E-state index contributed by atoms with van der Waals surface area (Å²) in [5.41, 5.74) is 1.80. The number of carbonyl (C=O) groups excluding carboxylic acids is 2. The fraction of sp³-hybridized carbons (Fsp3) is 0.375. The number of aryl methyl sites for hydroxylation is 1. The molecule has 0 saturated heterocycles. The molecule has 33 heavy (non-hydrogen) atoms. The number of aromatic nitrogens is 4. The van der Waals surface area contributed by atoms with Crippen LogP contribution in [0.2, 0.25) is 0 Å². The zero-order valence-electron chi connectivity index (χ0n) is 19.5. The van der Waals surface area contributed by atoms with Gasteiger partial charge in [0.1, 0.15) is 18.4 Å². The largest absolute Gasteiger partial charge is 0.350 e. The van der Waals surface area contributed by atoms with Crippen LogP contribution in [0.1, 0.15) is 39.7 Å². The normalized spacial score (nSPS) is 12.3. The van der Waals surface area contributed by atoms with Crippen molar-refractivity contribution in [1.82, 2.24) is 25.5 Å². The number of anilines is 1. The van der Waals surface area contributed by atoms with Crippen LogP contribution in [0, 0.1) is 12.7 Å². The number of benzene rings is 2. The third-order valence-corrected chi connectivity index (χ3v) is 4.91. The SMILES string of the molecule is CC[C@@H](C(=O)NC(C)(C)C)N(C(=O)Cn1nnc(-c2ccc(F)cc2)n1)c1ccc(C)cc1. The molecule has 1 heterocycles. The van der Waals surface area contributed by atoms with Crippen molar-refractivity contribution in [2.45, 2.75) is 59.2 Å². The Balaban J connectivity index is 1.88. The molecule has 0 radical (unpaired) electrons. The summed E-state index contributed by atoms with van der Waals surface area (Å²) < 4.78 is 13.2. The lowest BCUT2D eigenvalue weighted by molar-refractivity contribution is -0.128. The first kappa shape index (κ1) is 24.0. The van der Waals surface area contributed by atoms with E-state index in [9.17, 15) is 14.0 Å². The Morgan fingerprint density at radius 2 is 1.73 bits per heavy atom. The summed E-state index contributed by atoms with van der Waals surface area (Å²) in [5, 5.41) is 15.2. The predicted octanol–water partition coefficient (Wildman–Crippen LogP) is 3.51. The monoisotopic (exact) mass is 452 g/mol. The van der Waals surface area contributed by atoms with E-state index in [0.717, 1.165) is 5.56 Å². The molecule has 2 amide bonds. The van der Waals surface area contributed by atoms with Gasteiger partial charge in [0.2, 0.25) is 11.7 Å². The van der Waals surface area contributed by atoms with E-state index in [1.54, 1.807) is 12.1 Å². The van der Waals surface area contributed by atoms with Crippen molar-refractivity contribution in [2.24, 2.45) is 0 Å². The first-order chi connectivity index (χ1) is 15.6. The molecule has 0 aliphatic carbocycles. The Bertz CT molecular complexity index is 1100. The molecule has 1 aromatic heterocycles. The summed E-state index contributed by atoms with van der Waals surface area (Å²) >= 11 is 0. The van der Waals surface area contributed by atoms with Gasteiger partial charge < -0.3 is 5.32 Å². The molecule has 0 unspecified atom stereocenters. The molecule has 8 nitrogen and oxygen atoms in total. The number of tetrazole rings is 1. The second kappa shape index (κ2) is 9.89. The molecule has 1 N–H and O–H groups in total. The molecule has 0 spiro atoms. The van der Waals surface area contributed by atoms with E-state index >= 15 is 0 Å². The van der Waals surface area contributed by atoms with Gasteiger partial charge in [0.15, 0.2) is 0 Å². The number of carbonyl (C=O) groups is 2. The van der Waals surface area contributed by atoms with Crippen molar-refractivity contribution in [3.8, 4) is 11.4 Å². The smallest absolute Gasteiger partial charge is 0.251 e. The van der Waals surface area contributed by atoms with Crippen LogP contribution >= 0.6 is 0 Å². The summed E-state index contributed by atoms with van der Waals surface area (Å²) in [6.45, 7) is 9.29. The third-order valence-electron chi connectivity index (χ3n) is 4.91. The minimum Gasteiger partial charge on any atom is -0.350 e. The highest BCUT2D eigenvalue weighted by molar-refractivity contribution is 6.00. The zero-order valence-corrected chi connectivity index (χ0v) is 19.5. The Morgan fingerprint density at radius 3 is 2.30 bits per heavy atom. The van der Waals surface area contributed by atoms with Crippen LogP contribution < -0.4 is 10.2 Å². The third kappa shape index (κ3) is 6.21. The molecule has 2 aromatic carbocycles. The summed E-state index contributed by atoms with van der Waals surface area (Å²) in [6.07, 6.45) is 0.424. The maximum Gasteiger partial charge on any atom is 0.251 e. The van der Waals surface area contributed by atoms with E-state index in [0.29, 0.717) is 17.7 Å². The molecular weight excluding hydrogens is 423 g/mol. The molecule has 9 heteroatoms. The number of amides is 2. The fourth-order valence-electron chi connectivity index (χ4n) is 3.36. The van der Waals surface area contributed by atoms with Crippen LogP contribution in [-0.4, -0.2) is 43.6 Å². The van der Waals surface area contributed by atoms with Crippen molar-refractivity contribution in [3.63, 3.8) is 0 Å². The van der Waals surface area contributed by atoms with E-state index < -0.39 is 11.6 Å². The molecule has 0 aliphatic heterocycles. The van der Waals surface area contributed by atoms with E-state index in [1.807, 2.05) is 58.9 Å². The molecule has 0 fully saturated rings. The number of nitrogens with zero attached hydrogens (tertiary/aromatic N) is 5. The van der Waals surface area contributed by atoms with E-state index in [4.69, 9.17) is 0 Å². The molecule has 0 saturated carbocycles. The van der Waals surface area contributed by atoms with Crippen molar-refractivity contribution >= 4 is 17.5 Å². The van der Waals surface area contributed by atoms with Crippen LogP contribution in [0.5, 0.6) is 0 Å². The summed E-state index contributed by atoms with van der Waals surface area (Å²) in [6, 6.07) is 12.4. The van der Waals surface area contributed by atoms with Crippen molar-refractivity contribution < 1.29 is 14.0 Å². The average Bonchev–Trinajstić information content (AvgIpc) is 3.20. The van der Waals surface area contributed by atoms with E-state index in [-0.39, 0.29) is 30.0 Å². The Labute approximate surface area is 192 Å². The van der Waals surface area contributed by atoms with Crippen LogP contribution in [0.4, 0.5) is 10.1 Å². The van der Waals surface area contributed by atoms with Gasteiger partial charge in [0.05, 0.1) is 0 Å². The minimum absolute atomic E-state index is 0.207. The predicted molar refractivity (Wildman–Crippen MR) is 124 cm³/mol. The standard InChI is InChI=1S/C24H29FN6O2/c1-6-20(23(33)26-24(3,4)5)31(19-13-7-16(2)8-14-19)21(32)15-30-28-22(27-29-30)17-9-11-18(25)12-10-17/h7-14,20H,6,15H2,1-5H3,(H,26,33)/t20-/m0/s1. The molecule has 0 bridgehead atoms. The quantitative estimate of drug-likeness (QED) is 0.592. The van der Waals surface area contributed by atoms with Crippen LogP contribution in [0.3, 0.4) is 0 Å². The first-order valence-corrected chi connectivity index (χ1v) is 10.8. The van der Waals surface area contributed by atoms with E-state index in [1.165, 1.54) is 21.8 Å². The van der Waals surface area contributed by atoms with Gasteiger partial charge >= 0.3 is 0 Å². The zero-order chi connectivity index (χ0) is 24.2. The lowest BCUT2D eigenvalue weighted by atomic mass is 10.1. The van der Waals surface area contributed by atoms with Crippen LogP contribution in [-0.2, 0) is 16.1 Å². The molecule has 174 valence electrons. The topological polar surface area (TPSA) is 93.0 Å². The second-order valence-corrected chi connectivity index (χ2v) is 8.91. The van der Waals surface area contributed by atoms with Gasteiger partial charge in [-0.05, 0) is 75.7 Å². The molecule has 3 rings (SSSR count). The Morgan fingerprint density at radius 1 is 1.09 bits per heavy atom. The van der Waals surface area contributed by atoms with Gasteiger partial charge in [-0.25, -0.2) is 4.39 Å². The second-order valence-electron chi connectivity index (χ2n) is 8.91. The number of hydrogen-bond acceptors (Lipinski definition) is 5. The van der Waals surface area contributed by atoms with Crippen molar-refractivity contribution in [2.75, 3.05) is 4.90 Å². The summed E-state index contributed by atoms with van der Waals surface area (Å²) in [7, 11) is 0. The Hall–Kier alpha value is -3.62. The average molecular weight is 453 g/mol. The van der Waals surface area contributed by atoms with Gasteiger partial charge in [-0.1, -0.05) is 24.6 Å². The molecule has 3 aromatic rings. The summed E-state index contributed by atoms with van der Waals surface area (Å²) in [4.78, 5) is 29.2.